The van der Waals surface area contributed by atoms with Gasteiger partial charge in [0.25, 0.3) is 11.8 Å². The van der Waals surface area contributed by atoms with Gasteiger partial charge in [-0.15, -0.1) is 0 Å². The van der Waals surface area contributed by atoms with Crippen molar-refractivity contribution >= 4 is 17.8 Å². The second-order valence-electron chi connectivity index (χ2n) is 6.16. The minimum absolute atomic E-state index is 0.325. The number of imide groups is 1. The maximum Gasteiger partial charge on any atom is 0.344 e. The van der Waals surface area contributed by atoms with E-state index in [1.807, 2.05) is 12.1 Å². The maximum atomic E-state index is 12.9. The van der Waals surface area contributed by atoms with Crippen LogP contribution in [-0.4, -0.2) is 29.5 Å². The molecular weight excluding hydrogens is 360 g/mol. The predicted molar refractivity (Wildman–Crippen MR) is 98.6 cm³/mol. The van der Waals surface area contributed by atoms with Gasteiger partial charge in [0.15, 0.2) is 6.61 Å². The Kier molecular flexibility index (Phi) is 5.27. The Hall–Kier alpha value is -3.86. The van der Waals surface area contributed by atoms with Crippen LogP contribution in [0.1, 0.15) is 24.5 Å². The zero-order chi connectivity index (χ0) is 20.1. The summed E-state index contributed by atoms with van der Waals surface area (Å²) >= 11 is 0. The van der Waals surface area contributed by atoms with Crippen LogP contribution >= 0.6 is 0 Å². The van der Waals surface area contributed by atoms with Gasteiger partial charge in [-0.05, 0) is 30.2 Å². The Morgan fingerprint density at radius 1 is 1.21 bits per heavy atom. The number of amides is 4. The molecule has 0 spiro atoms. The van der Waals surface area contributed by atoms with Gasteiger partial charge in [0.05, 0.1) is 11.6 Å². The molecule has 1 aliphatic heterocycles. The quantitative estimate of drug-likeness (QED) is 0.745. The number of benzene rings is 2. The molecule has 28 heavy (non-hydrogen) atoms. The van der Waals surface area contributed by atoms with Crippen molar-refractivity contribution in [2.24, 2.45) is 0 Å². The van der Waals surface area contributed by atoms with Crippen molar-refractivity contribution in [2.75, 3.05) is 6.61 Å². The van der Waals surface area contributed by atoms with E-state index in [9.17, 15) is 14.4 Å². The van der Waals surface area contributed by atoms with Crippen LogP contribution in [0.25, 0.3) is 0 Å². The highest BCUT2D eigenvalue weighted by Gasteiger charge is 2.52. The normalized spacial score (nSPS) is 18.4. The fourth-order valence-electron chi connectivity index (χ4n) is 3.00. The number of hydrogen-bond donors (Lipinski definition) is 2. The van der Waals surface area contributed by atoms with Gasteiger partial charge in [-0.25, -0.2) is 4.79 Å². The molecule has 8 nitrogen and oxygen atoms in total. The molecule has 3 rings (SSSR count). The van der Waals surface area contributed by atoms with Crippen LogP contribution in [0.2, 0.25) is 0 Å². The topological polar surface area (TPSA) is 112 Å². The summed E-state index contributed by atoms with van der Waals surface area (Å²) in [7, 11) is 0. The standard InChI is InChI=1S/C20H18N4O4/c1-2-20(15-8-4-3-5-9-15)18(26)24(19(27)22-20)23-17(25)13-28-16-10-6-7-14(11-16)12-21/h3-11H,2,13H2,1H3,(H,22,27)(H,23,25)/t20-/m1/s1. The molecule has 2 aromatic carbocycles. The molecule has 1 atom stereocenters. The lowest BCUT2D eigenvalue weighted by molar-refractivity contribution is -0.140. The van der Waals surface area contributed by atoms with Crippen molar-refractivity contribution in [1.29, 1.82) is 5.26 Å². The van der Waals surface area contributed by atoms with Crippen LogP contribution < -0.4 is 15.5 Å². The molecule has 142 valence electrons. The molecule has 1 heterocycles. The van der Waals surface area contributed by atoms with Gasteiger partial charge < -0.3 is 10.1 Å². The highest BCUT2D eigenvalue weighted by Crippen LogP contribution is 2.31. The van der Waals surface area contributed by atoms with Crippen LogP contribution in [0, 0.1) is 11.3 Å². The molecule has 1 fully saturated rings. The second-order valence-corrected chi connectivity index (χ2v) is 6.16. The van der Waals surface area contributed by atoms with Crippen molar-refractivity contribution in [3.63, 3.8) is 0 Å². The fraction of sp³-hybridized carbons (Fsp3) is 0.200. The Labute approximate surface area is 161 Å². The number of urea groups is 1. The van der Waals surface area contributed by atoms with Crippen LogP contribution in [0.15, 0.2) is 54.6 Å². The number of nitrogens with zero attached hydrogens (tertiary/aromatic N) is 2. The first kappa shape index (κ1) is 18.9. The molecule has 4 amide bonds. The molecule has 0 aromatic heterocycles. The molecule has 1 saturated heterocycles. The molecule has 0 aliphatic carbocycles. The zero-order valence-corrected chi connectivity index (χ0v) is 15.1. The number of hydrogen-bond acceptors (Lipinski definition) is 5. The van der Waals surface area contributed by atoms with Gasteiger partial charge in [-0.1, -0.05) is 43.3 Å². The van der Waals surface area contributed by atoms with Crippen molar-refractivity contribution in [3.8, 4) is 11.8 Å². The monoisotopic (exact) mass is 378 g/mol. The first-order valence-electron chi connectivity index (χ1n) is 8.65. The highest BCUT2D eigenvalue weighted by molar-refractivity contribution is 6.08. The van der Waals surface area contributed by atoms with Gasteiger partial charge in [0.1, 0.15) is 11.3 Å². The van der Waals surface area contributed by atoms with E-state index < -0.39 is 30.0 Å². The summed E-state index contributed by atoms with van der Waals surface area (Å²) in [6.07, 6.45) is 0.325. The Balaban J connectivity index is 1.68. The lowest BCUT2D eigenvalue weighted by Crippen LogP contribution is -2.49. The average Bonchev–Trinajstić information content (AvgIpc) is 2.98. The number of hydrazine groups is 1. The third kappa shape index (κ3) is 3.50. The SMILES string of the molecule is CC[C@]1(c2ccccc2)NC(=O)N(NC(=O)COc2cccc(C#N)c2)C1=O. The summed E-state index contributed by atoms with van der Waals surface area (Å²) in [5.74, 6) is -0.907. The number of nitriles is 1. The molecule has 1 aliphatic rings. The van der Waals surface area contributed by atoms with Crippen molar-refractivity contribution in [3.05, 3.63) is 65.7 Å². The van der Waals surface area contributed by atoms with Crippen LogP contribution in [-0.2, 0) is 15.1 Å². The Bertz CT molecular complexity index is 954. The van der Waals surface area contributed by atoms with E-state index in [0.717, 1.165) is 0 Å². The number of carbonyl (C=O) groups is 3. The number of ether oxygens (including phenoxy) is 1. The first-order valence-corrected chi connectivity index (χ1v) is 8.65. The maximum absolute atomic E-state index is 12.9. The van der Waals surface area contributed by atoms with Crippen molar-refractivity contribution < 1.29 is 19.1 Å². The molecular formula is C20H18N4O4. The summed E-state index contributed by atoms with van der Waals surface area (Å²) in [4.78, 5) is 37.4. The molecule has 2 N–H and O–H groups in total. The van der Waals surface area contributed by atoms with Gasteiger partial charge in [-0.2, -0.15) is 10.3 Å². The number of nitrogens with one attached hydrogen (secondary N) is 2. The zero-order valence-electron chi connectivity index (χ0n) is 15.1. The minimum Gasteiger partial charge on any atom is -0.484 e. The van der Waals surface area contributed by atoms with Gasteiger partial charge in [-0.3, -0.25) is 15.0 Å². The largest absolute Gasteiger partial charge is 0.484 e. The first-order chi connectivity index (χ1) is 13.5. The summed E-state index contributed by atoms with van der Waals surface area (Å²) in [6.45, 7) is 1.36. The van der Waals surface area contributed by atoms with E-state index in [1.165, 1.54) is 6.07 Å². The Morgan fingerprint density at radius 3 is 2.64 bits per heavy atom. The number of rotatable bonds is 6. The van der Waals surface area contributed by atoms with Gasteiger partial charge >= 0.3 is 6.03 Å². The van der Waals surface area contributed by atoms with E-state index in [-0.39, 0.29) is 0 Å². The average molecular weight is 378 g/mol. The van der Waals surface area contributed by atoms with E-state index in [1.54, 1.807) is 49.4 Å². The highest BCUT2D eigenvalue weighted by atomic mass is 16.5. The lowest BCUT2D eigenvalue weighted by atomic mass is 9.87. The van der Waals surface area contributed by atoms with E-state index in [4.69, 9.17) is 10.00 Å². The van der Waals surface area contributed by atoms with Crippen LogP contribution in [0.5, 0.6) is 5.75 Å². The summed E-state index contributed by atoms with van der Waals surface area (Å²) in [5.41, 5.74) is 2.08. The third-order valence-corrected chi connectivity index (χ3v) is 4.46. The predicted octanol–water partition coefficient (Wildman–Crippen LogP) is 1.83. The Morgan fingerprint density at radius 2 is 1.96 bits per heavy atom. The lowest BCUT2D eigenvalue weighted by Gasteiger charge is -2.25. The molecule has 8 heteroatoms. The summed E-state index contributed by atoms with van der Waals surface area (Å²) in [5, 5.41) is 12.2. The molecule has 0 radical (unpaired) electrons. The molecule has 0 saturated carbocycles. The molecule has 2 aromatic rings. The van der Waals surface area contributed by atoms with E-state index in [2.05, 4.69) is 10.7 Å². The van der Waals surface area contributed by atoms with E-state index in [0.29, 0.717) is 28.3 Å². The van der Waals surface area contributed by atoms with Gasteiger partial charge in [0, 0.05) is 0 Å². The van der Waals surface area contributed by atoms with Crippen LogP contribution in [0.3, 0.4) is 0 Å². The van der Waals surface area contributed by atoms with Crippen molar-refractivity contribution in [1.82, 2.24) is 15.8 Å². The molecule has 0 unspecified atom stereocenters. The van der Waals surface area contributed by atoms with Gasteiger partial charge in [0.2, 0.25) is 0 Å². The fourth-order valence-corrected chi connectivity index (χ4v) is 3.00. The van der Waals surface area contributed by atoms with E-state index >= 15 is 0 Å². The minimum atomic E-state index is -1.23. The number of carbonyl (C=O) groups excluding carboxylic acids is 3. The second kappa shape index (κ2) is 7.80. The van der Waals surface area contributed by atoms with Crippen molar-refractivity contribution in [2.45, 2.75) is 18.9 Å². The van der Waals surface area contributed by atoms with Crippen LogP contribution in [0.4, 0.5) is 4.79 Å². The third-order valence-electron chi connectivity index (χ3n) is 4.46. The molecule has 0 bridgehead atoms. The smallest absolute Gasteiger partial charge is 0.344 e. The summed E-state index contributed by atoms with van der Waals surface area (Å²) in [6, 6.07) is 16.4. The summed E-state index contributed by atoms with van der Waals surface area (Å²) < 4.78 is 5.32.